The lowest BCUT2D eigenvalue weighted by atomic mass is 9.86. The lowest BCUT2D eigenvalue weighted by molar-refractivity contribution is 0.165. The minimum absolute atomic E-state index is 0.632. The zero-order valence-electron chi connectivity index (χ0n) is 7.27. The van der Waals surface area contributed by atoms with E-state index in [0.717, 1.165) is 12.0 Å². The highest BCUT2D eigenvalue weighted by Crippen LogP contribution is 2.25. The third kappa shape index (κ3) is 1.57. The Morgan fingerprint density at radius 2 is 2.09 bits per heavy atom. The van der Waals surface area contributed by atoms with Crippen LogP contribution in [0.1, 0.15) is 32.6 Å². The van der Waals surface area contributed by atoms with Crippen LogP contribution in [0.2, 0.25) is 0 Å². The van der Waals surface area contributed by atoms with E-state index in [-0.39, 0.29) is 0 Å². The Bertz CT molecular complexity index is 136. The van der Waals surface area contributed by atoms with Crippen LogP contribution in [0.25, 0.3) is 0 Å². The second kappa shape index (κ2) is 3.11. The van der Waals surface area contributed by atoms with Crippen LogP contribution >= 0.6 is 0 Å². The van der Waals surface area contributed by atoms with Crippen LogP contribution < -0.4 is 10.6 Å². The van der Waals surface area contributed by atoms with Gasteiger partial charge in [-0.3, -0.25) is 5.32 Å². The average molecular weight is 154 g/mol. The molecule has 2 saturated heterocycles. The molecule has 0 bridgehead atoms. The number of rotatable bonds is 0. The van der Waals surface area contributed by atoms with Gasteiger partial charge in [0.25, 0.3) is 0 Å². The number of fused-ring (bicyclic) bond motifs is 1. The van der Waals surface area contributed by atoms with Crippen molar-refractivity contribution in [1.82, 2.24) is 10.6 Å². The van der Waals surface area contributed by atoms with Crippen molar-refractivity contribution >= 4 is 0 Å². The molecule has 3 atom stereocenters. The maximum Gasteiger partial charge on any atom is 0.0602 e. The lowest BCUT2D eigenvalue weighted by Gasteiger charge is -2.40. The molecule has 2 nitrogen and oxygen atoms in total. The molecule has 0 aromatic carbocycles. The fourth-order valence-electron chi connectivity index (χ4n) is 2.32. The molecule has 0 radical (unpaired) electrons. The zero-order valence-corrected chi connectivity index (χ0v) is 7.27. The van der Waals surface area contributed by atoms with Crippen molar-refractivity contribution in [2.24, 2.45) is 5.92 Å². The molecule has 2 heterocycles. The largest absolute Gasteiger partial charge is 0.302 e. The fourth-order valence-corrected chi connectivity index (χ4v) is 2.32. The molecule has 0 aromatic heterocycles. The maximum atomic E-state index is 3.61. The molecule has 3 unspecified atom stereocenters. The minimum atomic E-state index is 0.632. The number of nitrogens with one attached hydrogen (secondary N) is 2. The summed E-state index contributed by atoms with van der Waals surface area (Å²) in [5.41, 5.74) is 0. The summed E-state index contributed by atoms with van der Waals surface area (Å²) in [6, 6.07) is 0.724. The first kappa shape index (κ1) is 7.56. The van der Waals surface area contributed by atoms with Crippen LogP contribution in [0.5, 0.6) is 0 Å². The highest BCUT2D eigenvalue weighted by atomic mass is 15.2. The molecule has 2 fully saturated rings. The number of piperidine rings is 2. The topological polar surface area (TPSA) is 24.1 Å². The summed E-state index contributed by atoms with van der Waals surface area (Å²) in [6.07, 6.45) is 6.22. The predicted octanol–water partition coefficient (Wildman–Crippen LogP) is 1.08. The fraction of sp³-hybridized carbons (Fsp3) is 1.00. The molecule has 0 amide bonds. The standard InChI is InChI=1S/C9H18N2/c1-7-4-5-8-3-2-6-10-9(8)11-7/h7-11H,2-6H2,1H3. The molecule has 2 heteroatoms. The van der Waals surface area contributed by atoms with Crippen LogP contribution in [0.3, 0.4) is 0 Å². The van der Waals surface area contributed by atoms with E-state index in [9.17, 15) is 0 Å². The predicted molar refractivity (Wildman–Crippen MR) is 46.3 cm³/mol. The Morgan fingerprint density at radius 3 is 3.00 bits per heavy atom. The van der Waals surface area contributed by atoms with Gasteiger partial charge < -0.3 is 5.32 Å². The second-order valence-electron chi connectivity index (χ2n) is 3.98. The first-order valence-corrected chi connectivity index (χ1v) is 4.86. The highest BCUT2D eigenvalue weighted by Gasteiger charge is 2.29. The van der Waals surface area contributed by atoms with Gasteiger partial charge in [-0.05, 0) is 45.1 Å². The molecule has 2 N–H and O–H groups in total. The quantitative estimate of drug-likeness (QED) is 0.545. The molecule has 0 aromatic rings. The molecule has 64 valence electrons. The smallest absolute Gasteiger partial charge is 0.0602 e. The first-order valence-electron chi connectivity index (χ1n) is 4.86. The van der Waals surface area contributed by atoms with Crippen molar-refractivity contribution in [2.75, 3.05) is 6.54 Å². The molecule has 2 rings (SSSR count). The van der Waals surface area contributed by atoms with Gasteiger partial charge in [-0.2, -0.15) is 0 Å². The molecule has 0 aliphatic carbocycles. The van der Waals surface area contributed by atoms with Crippen molar-refractivity contribution in [3.63, 3.8) is 0 Å². The van der Waals surface area contributed by atoms with Crippen molar-refractivity contribution in [3.8, 4) is 0 Å². The van der Waals surface area contributed by atoms with Gasteiger partial charge in [-0.1, -0.05) is 0 Å². The molecule has 11 heavy (non-hydrogen) atoms. The molecular formula is C9H18N2. The Morgan fingerprint density at radius 1 is 1.18 bits per heavy atom. The van der Waals surface area contributed by atoms with Crippen LogP contribution in [0, 0.1) is 5.92 Å². The third-order valence-corrected chi connectivity index (χ3v) is 3.02. The van der Waals surface area contributed by atoms with Crippen molar-refractivity contribution < 1.29 is 0 Å². The zero-order chi connectivity index (χ0) is 7.68. The third-order valence-electron chi connectivity index (χ3n) is 3.02. The van der Waals surface area contributed by atoms with E-state index in [0.29, 0.717) is 6.17 Å². The maximum absolute atomic E-state index is 3.61. The van der Waals surface area contributed by atoms with Crippen LogP contribution in [-0.2, 0) is 0 Å². The summed E-state index contributed by atoms with van der Waals surface area (Å²) in [5.74, 6) is 0.917. The van der Waals surface area contributed by atoms with Gasteiger partial charge in [-0.15, -0.1) is 0 Å². The minimum Gasteiger partial charge on any atom is -0.302 e. The van der Waals surface area contributed by atoms with Crippen molar-refractivity contribution in [1.29, 1.82) is 0 Å². The Labute approximate surface area is 68.7 Å². The van der Waals surface area contributed by atoms with E-state index in [1.54, 1.807) is 0 Å². The van der Waals surface area contributed by atoms with Crippen LogP contribution in [0.15, 0.2) is 0 Å². The Balaban J connectivity index is 1.93. The monoisotopic (exact) mass is 154 g/mol. The summed E-state index contributed by atoms with van der Waals surface area (Å²) in [5, 5.41) is 7.15. The SMILES string of the molecule is CC1CCC2CCCNC2N1. The lowest BCUT2D eigenvalue weighted by Crippen LogP contribution is -2.56. The number of hydrogen-bond acceptors (Lipinski definition) is 2. The molecule has 0 saturated carbocycles. The Kier molecular flexibility index (Phi) is 2.14. The van der Waals surface area contributed by atoms with Gasteiger partial charge in [0.1, 0.15) is 0 Å². The van der Waals surface area contributed by atoms with Crippen molar-refractivity contribution in [3.05, 3.63) is 0 Å². The van der Waals surface area contributed by atoms with E-state index in [4.69, 9.17) is 0 Å². The number of hydrogen-bond donors (Lipinski definition) is 2. The van der Waals surface area contributed by atoms with E-state index < -0.39 is 0 Å². The van der Waals surface area contributed by atoms with Crippen LogP contribution in [0.4, 0.5) is 0 Å². The summed E-state index contributed by atoms with van der Waals surface area (Å²) in [7, 11) is 0. The summed E-state index contributed by atoms with van der Waals surface area (Å²) < 4.78 is 0. The van der Waals surface area contributed by atoms with Gasteiger partial charge in [0.05, 0.1) is 6.17 Å². The molecule has 2 aliphatic heterocycles. The van der Waals surface area contributed by atoms with E-state index >= 15 is 0 Å². The summed E-state index contributed by atoms with van der Waals surface area (Å²) in [6.45, 7) is 3.49. The van der Waals surface area contributed by atoms with E-state index in [2.05, 4.69) is 17.6 Å². The molecule has 0 spiro atoms. The first-order chi connectivity index (χ1) is 5.36. The normalized spacial score (nSPS) is 45.0. The highest BCUT2D eigenvalue weighted by molar-refractivity contribution is 4.86. The van der Waals surface area contributed by atoms with Crippen molar-refractivity contribution in [2.45, 2.75) is 44.8 Å². The van der Waals surface area contributed by atoms with Crippen LogP contribution in [-0.4, -0.2) is 18.8 Å². The van der Waals surface area contributed by atoms with Gasteiger partial charge in [-0.25, -0.2) is 0 Å². The summed E-state index contributed by atoms with van der Waals surface area (Å²) in [4.78, 5) is 0. The van der Waals surface area contributed by atoms with Gasteiger partial charge in [0, 0.05) is 6.04 Å². The molecule has 2 aliphatic rings. The Hall–Kier alpha value is -0.0800. The van der Waals surface area contributed by atoms with E-state index in [1.807, 2.05) is 0 Å². The van der Waals surface area contributed by atoms with Gasteiger partial charge >= 0.3 is 0 Å². The average Bonchev–Trinajstić information content (AvgIpc) is 2.04. The molecular weight excluding hydrogens is 136 g/mol. The van der Waals surface area contributed by atoms with Gasteiger partial charge in [0.2, 0.25) is 0 Å². The van der Waals surface area contributed by atoms with E-state index in [1.165, 1.54) is 32.2 Å². The van der Waals surface area contributed by atoms with Gasteiger partial charge in [0.15, 0.2) is 0 Å². The second-order valence-corrected chi connectivity index (χ2v) is 3.98. The summed E-state index contributed by atoms with van der Waals surface area (Å²) >= 11 is 0.